The van der Waals surface area contributed by atoms with Gasteiger partial charge >= 0.3 is 0 Å². The summed E-state index contributed by atoms with van der Waals surface area (Å²) in [6.07, 6.45) is 5.26. The maximum Gasteiger partial charge on any atom is 0.00945 e. The molecule has 0 radical (unpaired) electrons. The van der Waals surface area contributed by atoms with E-state index in [1.807, 2.05) is 0 Å². The van der Waals surface area contributed by atoms with Gasteiger partial charge in [0.2, 0.25) is 0 Å². The van der Waals surface area contributed by atoms with E-state index < -0.39 is 0 Å². The van der Waals surface area contributed by atoms with Gasteiger partial charge in [0.25, 0.3) is 0 Å². The first-order chi connectivity index (χ1) is 6.46. The Morgan fingerprint density at radius 3 is 2.07 bits per heavy atom. The number of hydrogen-bond acceptors (Lipinski definition) is 1. The summed E-state index contributed by atoms with van der Waals surface area (Å²) in [5, 5.41) is 0. The van der Waals surface area contributed by atoms with Gasteiger partial charge in [-0.05, 0) is 38.3 Å². The summed E-state index contributed by atoms with van der Waals surface area (Å²) in [5.41, 5.74) is 0.513. The topological polar surface area (TPSA) is 3.24 Å². The van der Waals surface area contributed by atoms with Crippen LogP contribution in [0.3, 0.4) is 0 Å². The van der Waals surface area contributed by atoms with Gasteiger partial charge in [-0.3, -0.25) is 0 Å². The second-order valence-electron chi connectivity index (χ2n) is 5.25. The van der Waals surface area contributed by atoms with Gasteiger partial charge in [-0.25, -0.2) is 0 Å². The van der Waals surface area contributed by atoms with Crippen molar-refractivity contribution in [3.8, 4) is 0 Å². The lowest BCUT2D eigenvalue weighted by molar-refractivity contribution is 0.163. The van der Waals surface area contributed by atoms with Crippen molar-refractivity contribution >= 4 is 0 Å². The van der Waals surface area contributed by atoms with E-state index in [1.54, 1.807) is 0 Å². The molecule has 86 valence electrons. The van der Waals surface area contributed by atoms with Crippen LogP contribution in [0.25, 0.3) is 0 Å². The Bertz CT molecular complexity index is 140. The summed E-state index contributed by atoms with van der Waals surface area (Å²) < 4.78 is 0. The van der Waals surface area contributed by atoms with E-state index in [1.165, 1.54) is 32.2 Å². The summed E-state index contributed by atoms with van der Waals surface area (Å²) in [5.74, 6) is 0. The van der Waals surface area contributed by atoms with Crippen molar-refractivity contribution in [3.63, 3.8) is 0 Å². The molecule has 0 saturated carbocycles. The van der Waals surface area contributed by atoms with Crippen LogP contribution < -0.4 is 0 Å². The van der Waals surface area contributed by atoms with Crippen LogP contribution in [0.15, 0.2) is 0 Å². The van der Waals surface area contributed by atoms with Crippen LogP contribution in [0, 0.1) is 5.41 Å². The maximum absolute atomic E-state index is 2.48. The molecule has 14 heavy (non-hydrogen) atoms. The minimum Gasteiger partial charge on any atom is -0.304 e. The van der Waals surface area contributed by atoms with Crippen molar-refractivity contribution < 1.29 is 0 Å². The molecule has 1 unspecified atom stereocenters. The smallest absolute Gasteiger partial charge is 0.00945 e. The van der Waals surface area contributed by atoms with Gasteiger partial charge in [0.1, 0.15) is 0 Å². The third-order valence-corrected chi connectivity index (χ3v) is 3.31. The minimum absolute atomic E-state index is 0.513. The highest BCUT2D eigenvalue weighted by molar-refractivity contribution is 4.77. The molecular weight excluding hydrogens is 170 g/mol. The number of nitrogens with zero attached hydrogens (tertiary/aromatic N) is 1. The molecule has 1 atom stereocenters. The first-order valence-corrected chi connectivity index (χ1v) is 6.17. The van der Waals surface area contributed by atoms with Crippen LogP contribution >= 0.6 is 0 Å². The molecule has 0 aromatic rings. The molecule has 0 saturated heterocycles. The third kappa shape index (κ3) is 4.99. The van der Waals surface area contributed by atoms with Crippen molar-refractivity contribution in [2.45, 2.75) is 66.3 Å². The highest BCUT2D eigenvalue weighted by Gasteiger charge is 2.23. The van der Waals surface area contributed by atoms with E-state index in [0.717, 1.165) is 6.04 Å². The normalized spacial score (nSPS) is 14.8. The van der Waals surface area contributed by atoms with Gasteiger partial charge in [-0.15, -0.1) is 0 Å². The van der Waals surface area contributed by atoms with E-state index in [2.05, 4.69) is 46.6 Å². The van der Waals surface area contributed by atoms with Crippen molar-refractivity contribution in [1.82, 2.24) is 4.90 Å². The molecule has 0 bridgehead atoms. The van der Waals surface area contributed by atoms with Crippen LogP contribution in [0.1, 0.15) is 60.3 Å². The van der Waals surface area contributed by atoms with Crippen LogP contribution in [-0.2, 0) is 0 Å². The van der Waals surface area contributed by atoms with Crippen LogP contribution in [0.2, 0.25) is 0 Å². The van der Waals surface area contributed by atoms with Crippen molar-refractivity contribution in [3.05, 3.63) is 0 Å². The summed E-state index contributed by atoms with van der Waals surface area (Å²) >= 11 is 0. The molecule has 1 nitrogen and oxygen atoms in total. The van der Waals surface area contributed by atoms with Crippen molar-refractivity contribution in [1.29, 1.82) is 0 Å². The molecule has 0 aromatic carbocycles. The Labute approximate surface area is 90.9 Å². The summed E-state index contributed by atoms with van der Waals surface area (Å²) in [6.45, 7) is 12.8. The van der Waals surface area contributed by atoms with E-state index >= 15 is 0 Å². The van der Waals surface area contributed by atoms with Gasteiger partial charge in [0.15, 0.2) is 0 Å². The minimum atomic E-state index is 0.513. The Morgan fingerprint density at radius 1 is 1.14 bits per heavy atom. The van der Waals surface area contributed by atoms with Gasteiger partial charge < -0.3 is 4.90 Å². The lowest BCUT2D eigenvalue weighted by Gasteiger charge is -2.34. The third-order valence-electron chi connectivity index (χ3n) is 3.31. The second-order valence-corrected chi connectivity index (χ2v) is 5.25. The van der Waals surface area contributed by atoms with Crippen molar-refractivity contribution in [2.24, 2.45) is 5.41 Å². The SMILES string of the molecule is CCCC(C)(C)CC(CC)N(C)CC. The molecule has 1 heteroatoms. The molecule has 0 aromatic heterocycles. The monoisotopic (exact) mass is 199 g/mol. The summed E-state index contributed by atoms with van der Waals surface area (Å²) in [6, 6.07) is 0.765. The fourth-order valence-electron chi connectivity index (χ4n) is 2.29. The zero-order valence-electron chi connectivity index (χ0n) is 11.1. The van der Waals surface area contributed by atoms with E-state index in [9.17, 15) is 0 Å². The van der Waals surface area contributed by atoms with E-state index in [-0.39, 0.29) is 0 Å². The zero-order valence-corrected chi connectivity index (χ0v) is 11.1. The van der Waals surface area contributed by atoms with Crippen LogP contribution in [0.5, 0.6) is 0 Å². The lowest BCUT2D eigenvalue weighted by atomic mass is 9.81. The highest BCUT2D eigenvalue weighted by atomic mass is 15.1. The summed E-state index contributed by atoms with van der Waals surface area (Å²) in [4.78, 5) is 2.48. The van der Waals surface area contributed by atoms with Gasteiger partial charge in [0, 0.05) is 6.04 Å². The van der Waals surface area contributed by atoms with Gasteiger partial charge in [-0.1, -0.05) is 41.0 Å². The highest BCUT2D eigenvalue weighted by Crippen LogP contribution is 2.30. The van der Waals surface area contributed by atoms with E-state index in [4.69, 9.17) is 0 Å². The number of rotatable bonds is 7. The number of hydrogen-bond donors (Lipinski definition) is 0. The molecule has 0 fully saturated rings. The molecule has 0 spiro atoms. The largest absolute Gasteiger partial charge is 0.304 e. The quantitative estimate of drug-likeness (QED) is 0.600. The average molecular weight is 199 g/mol. The molecule has 0 amide bonds. The lowest BCUT2D eigenvalue weighted by Crippen LogP contribution is -2.35. The fourth-order valence-corrected chi connectivity index (χ4v) is 2.29. The average Bonchev–Trinajstić information content (AvgIpc) is 2.13. The van der Waals surface area contributed by atoms with Crippen LogP contribution in [-0.4, -0.2) is 24.5 Å². The molecular formula is C13H29N. The second kappa shape index (κ2) is 6.44. The molecule has 0 aliphatic carbocycles. The first kappa shape index (κ1) is 14.0. The molecule has 0 aliphatic heterocycles. The van der Waals surface area contributed by atoms with Crippen LogP contribution in [0.4, 0.5) is 0 Å². The Morgan fingerprint density at radius 2 is 1.71 bits per heavy atom. The Hall–Kier alpha value is -0.0400. The standard InChI is InChI=1S/C13H29N/c1-7-10-13(4,5)11-12(8-2)14(6)9-3/h12H,7-11H2,1-6H3. The molecule has 0 heterocycles. The fraction of sp³-hybridized carbons (Fsp3) is 1.00. The predicted molar refractivity (Wildman–Crippen MR) is 65.7 cm³/mol. The summed E-state index contributed by atoms with van der Waals surface area (Å²) in [7, 11) is 2.25. The van der Waals surface area contributed by atoms with E-state index in [0.29, 0.717) is 5.41 Å². The molecule has 0 aliphatic rings. The molecule has 0 rings (SSSR count). The maximum atomic E-state index is 2.48. The predicted octanol–water partition coefficient (Wildman–Crippen LogP) is 3.93. The Balaban J connectivity index is 4.15. The van der Waals surface area contributed by atoms with Gasteiger partial charge in [-0.2, -0.15) is 0 Å². The Kier molecular flexibility index (Phi) is 6.43. The van der Waals surface area contributed by atoms with Gasteiger partial charge in [0.05, 0.1) is 0 Å². The molecule has 0 N–H and O–H groups in total. The zero-order chi connectivity index (χ0) is 11.2. The van der Waals surface area contributed by atoms with Crippen molar-refractivity contribution in [2.75, 3.05) is 13.6 Å². The first-order valence-electron chi connectivity index (χ1n) is 6.17.